The lowest BCUT2D eigenvalue weighted by Crippen LogP contribution is -1.96. The first kappa shape index (κ1) is 10.9. The molecule has 0 amide bonds. The highest BCUT2D eigenvalue weighted by molar-refractivity contribution is 9.10. The lowest BCUT2D eigenvalue weighted by atomic mass is 10.1. The maximum Gasteiger partial charge on any atom is 0.374 e. The van der Waals surface area contributed by atoms with Crippen LogP contribution in [0.3, 0.4) is 0 Å². The first-order chi connectivity index (χ1) is 7.58. The summed E-state index contributed by atoms with van der Waals surface area (Å²) in [5, 5.41) is 8.94. The fraction of sp³-hybridized carbons (Fsp3) is 0.0909. The molecule has 1 aromatic carbocycles. The normalized spacial score (nSPS) is 10.4. The summed E-state index contributed by atoms with van der Waals surface area (Å²) < 4.78 is 4.97. The van der Waals surface area contributed by atoms with E-state index in [1.54, 1.807) is 0 Å². The minimum atomic E-state index is -1.13. The summed E-state index contributed by atoms with van der Waals surface area (Å²) in [5.74, 6) is -1.29. The lowest BCUT2D eigenvalue weighted by molar-refractivity contribution is 0.0662. The summed E-state index contributed by atoms with van der Waals surface area (Å²) in [6.45, 7) is 1.96. The number of aromatic carboxylic acids is 1. The number of carboxylic acid groups (broad SMARTS) is 1. The van der Waals surface area contributed by atoms with Crippen LogP contribution in [0.4, 0.5) is 0 Å². The number of hydrogen-bond donors (Lipinski definition) is 1. The van der Waals surface area contributed by atoms with Gasteiger partial charge in [0.05, 0.1) is 0 Å². The molecule has 0 aliphatic heterocycles. The predicted octanol–water partition coefficient (Wildman–Crippen LogP) is 3.11. The molecule has 2 rings (SSSR count). The molecule has 0 aliphatic rings. The van der Waals surface area contributed by atoms with E-state index in [-0.39, 0.29) is 10.6 Å². The zero-order valence-corrected chi connectivity index (χ0v) is 9.98. The van der Waals surface area contributed by atoms with Gasteiger partial charge in [0.15, 0.2) is 0 Å². The number of halogens is 1. The second kappa shape index (κ2) is 4.09. The Balaban J connectivity index is 2.55. The number of carbonyl (C=O) groups is 1. The highest BCUT2D eigenvalue weighted by atomic mass is 79.9. The minimum absolute atomic E-state index is 0.157. The van der Waals surface area contributed by atoms with Crippen LogP contribution in [0, 0.1) is 6.92 Å². The van der Waals surface area contributed by atoms with Crippen LogP contribution in [0.5, 0.6) is 0 Å². The number of nitrogens with zero attached hydrogens (tertiary/aromatic N) is 1. The van der Waals surface area contributed by atoms with Gasteiger partial charge in [0.25, 0.3) is 4.80 Å². The van der Waals surface area contributed by atoms with E-state index in [1.807, 2.05) is 31.2 Å². The smallest absolute Gasteiger partial charge is 0.374 e. The molecule has 0 unspecified atom stereocenters. The van der Waals surface area contributed by atoms with E-state index in [4.69, 9.17) is 9.52 Å². The number of carboxylic acids is 1. The maximum atomic E-state index is 10.9. The molecule has 82 valence electrons. The lowest BCUT2D eigenvalue weighted by Gasteiger charge is -1.98. The van der Waals surface area contributed by atoms with Gasteiger partial charge >= 0.3 is 5.97 Å². The molecule has 0 spiro atoms. The third kappa shape index (κ3) is 1.99. The van der Waals surface area contributed by atoms with Crippen molar-refractivity contribution in [2.45, 2.75) is 6.92 Å². The van der Waals surface area contributed by atoms with Crippen molar-refractivity contribution in [1.82, 2.24) is 4.98 Å². The Labute approximate surface area is 100 Å². The van der Waals surface area contributed by atoms with Crippen molar-refractivity contribution in [2.75, 3.05) is 0 Å². The average molecular weight is 282 g/mol. The summed E-state index contributed by atoms with van der Waals surface area (Å²) in [6, 6.07) is 7.41. The second-order valence-corrected chi connectivity index (χ2v) is 3.99. The summed E-state index contributed by atoms with van der Waals surface area (Å²) >= 11 is 3.02. The van der Waals surface area contributed by atoms with Gasteiger partial charge in [0.2, 0.25) is 5.76 Å². The fourth-order valence-corrected chi connectivity index (χ4v) is 1.69. The molecule has 1 N–H and O–H groups in total. The summed E-state index contributed by atoms with van der Waals surface area (Å²) in [4.78, 5) is 15.1. The van der Waals surface area contributed by atoms with Crippen molar-refractivity contribution < 1.29 is 14.3 Å². The molecular weight excluding hydrogens is 274 g/mol. The molecule has 16 heavy (non-hydrogen) atoms. The second-order valence-electron chi connectivity index (χ2n) is 3.32. The number of oxazole rings is 1. The van der Waals surface area contributed by atoms with Gasteiger partial charge in [-0.05, 0) is 6.92 Å². The SMILES string of the molecule is Cc1ccc(-c2nc(Br)oc2C(=O)O)cc1. The van der Waals surface area contributed by atoms with Gasteiger partial charge in [-0.25, -0.2) is 9.78 Å². The Kier molecular flexibility index (Phi) is 2.78. The van der Waals surface area contributed by atoms with Crippen LogP contribution in [0.15, 0.2) is 33.5 Å². The monoisotopic (exact) mass is 281 g/mol. The first-order valence-electron chi connectivity index (χ1n) is 4.54. The van der Waals surface area contributed by atoms with E-state index in [0.717, 1.165) is 11.1 Å². The number of aromatic nitrogens is 1. The van der Waals surface area contributed by atoms with Crippen molar-refractivity contribution in [1.29, 1.82) is 0 Å². The zero-order valence-electron chi connectivity index (χ0n) is 8.40. The number of rotatable bonds is 2. The number of aryl methyl sites for hydroxylation is 1. The third-order valence-corrected chi connectivity index (χ3v) is 2.46. The molecular formula is C11H8BrNO3. The van der Waals surface area contributed by atoms with Gasteiger partial charge < -0.3 is 9.52 Å². The van der Waals surface area contributed by atoms with Gasteiger partial charge in [-0.1, -0.05) is 29.8 Å². The Morgan fingerprint density at radius 3 is 2.56 bits per heavy atom. The van der Waals surface area contributed by atoms with Gasteiger partial charge in [-0.15, -0.1) is 0 Å². The molecule has 0 saturated heterocycles. The minimum Gasteiger partial charge on any atom is -0.475 e. The summed E-state index contributed by atoms with van der Waals surface area (Å²) in [5.41, 5.74) is 2.15. The zero-order chi connectivity index (χ0) is 11.7. The Morgan fingerprint density at radius 2 is 2.00 bits per heavy atom. The quantitative estimate of drug-likeness (QED) is 0.919. The van der Waals surface area contributed by atoms with E-state index in [0.29, 0.717) is 5.69 Å². The molecule has 1 heterocycles. The van der Waals surface area contributed by atoms with Crippen molar-refractivity contribution in [3.63, 3.8) is 0 Å². The Bertz CT molecular complexity index is 531. The Morgan fingerprint density at radius 1 is 1.38 bits per heavy atom. The largest absolute Gasteiger partial charge is 0.475 e. The molecule has 5 heteroatoms. The van der Waals surface area contributed by atoms with Crippen LogP contribution < -0.4 is 0 Å². The molecule has 0 bridgehead atoms. The van der Waals surface area contributed by atoms with Gasteiger partial charge in [-0.3, -0.25) is 0 Å². The molecule has 0 saturated carbocycles. The van der Waals surface area contributed by atoms with Crippen molar-refractivity contribution >= 4 is 21.9 Å². The van der Waals surface area contributed by atoms with Crippen LogP contribution in [0.2, 0.25) is 0 Å². The standard InChI is InChI=1S/C11H8BrNO3/c1-6-2-4-7(5-3-6)8-9(10(14)15)16-11(12)13-8/h2-5H,1H3,(H,14,15). The van der Waals surface area contributed by atoms with E-state index in [9.17, 15) is 4.79 Å². The number of hydrogen-bond acceptors (Lipinski definition) is 3. The molecule has 0 radical (unpaired) electrons. The van der Waals surface area contributed by atoms with Crippen molar-refractivity contribution in [2.24, 2.45) is 0 Å². The number of benzene rings is 1. The van der Waals surface area contributed by atoms with Crippen molar-refractivity contribution in [3.8, 4) is 11.3 Å². The van der Waals surface area contributed by atoms with Crippen LogP contribution in [0.25, 0.3) is 11.3 Å². The average Bonchev–Trinajstić information content (AvgIpc) is 2.61. The molecule has 2 aromatic rings. The first-order valence-corrected chi connectivity index (χ1v) is 5.34. The molecule has 0 atom stereocenters. The molecule has 1 aromatic heterocycles. The van der Waals surface area contributed by atoms with Crippen LogP contribution in [-0.2, 0) is 0 Å². The van der Waals surface area contributed by atoms with E-state index in [1.165, 1.54) is 0 Å². The molecule has 0 fully saturated rings. The highest BCUT2D eigenvalue weighted by Gasteiger charge is 2.19. The third-order valence-electron chi connectivity index (χ3n) is 2.12. The molecule has 4 nitrogen and oxygen atoms in total. The Hall–Kier alpha value is -1.62. The predicted molar refractivity (Wildman–Crippen MR) is 61.3 cm³/mol. The van der Waals surface area contributed by atoms with Gasteiger partial charge in [-0.2, -0.15) is 0 Å². The van der Waals surface area contributed by atoms with Gasteiger partial charge in [0.1, 0.15) is 5.69 Å². The van der Waals surface area contributed by atoms with Crippen molar-refractivity contribution in [3.05, 3.63) is 40.4 Å². The van der Waals surface area contributed by atoms with Crippen LogP contribution in [0.1, 0.15) is 16.1 Å². The van der Waals surface area contributed by atoms with E-state index >= 15 is 0 Å². The summed E-state index contributed by atoms with van der Waals surface area (Å²) in [7, 11) is 0. The van der Waals surface area contributed by atoms with Crippen LogP contribution >= 0.6 is 15.9 Å². The fourth-order valence-electron chi connectivity index (χ4n) is 1.35. The highest BCUT2D eigenvalue weighted by Crippen LogP contribution is 2.26. The van der Waals surface area contributed by atoms with E-state index < -0.39 is 5.97 Å². The summed E-state index contributed by atoms with van der Waals surface area (Å²) in [6.07, 6.45) is 0. The van der Waals surface area contributed by atoms with Gasteiger partial charge in [0, 0.05) is 21.5 Å². The molecule has 0 aliphatic carbocycles. The van der Waals surface area contributed by atoms with E-state index in [2.05, 4.69) is 20.9 Å². The topological polar surface area (TPSA) is 63.3 Å². The van der Waals surface area contributed by atoms with Crippen LogP contribution in [-0.4, -0.2) is 16.1 Å². The maximum absolute atomic E-state index is 10.9.